The summed E-state index contributed by atoms with van der Waals surface area (Å²) in [6, 6.07) is 0.408. The van der Waals surface area contributed by atoms with E-state index in [9.17, 15) is 0 Å². The van der Waals surface area contributed by atoms with Crippen LogP contribution in [-0.4, -0.2) is 27.3 Å². The van der Waals surface area contributed by atoms with Gasteiger partial charge in [0.1, 0.15) is 0 Å². The van der Waals surface area contributed by atoms with Crippen LogP contribution in [0.2, 0.25) is 0 Å². The highest BCUT2D eigenvalue weighted by molar-refractivity contribution is 9.11. The molecule has 0 aromatic carbocycles. The summed E-state index contributed by atoms with van der Waals surface area (Å²) < 4.78 is 10.7. The molecule has 0 saturated heterocycles. The molecule has 0 amide bonds. The molecule has 4 nitrogen and oxygen atoms in total. The Balaban J connectivity index is 4.31. The number of hydrogen-bond donors (Lipinski definition) is 1. The van der Waals surface area contributed by atoms with Crippen molar-refractivity contribution in [3.05, 3.63) is 10.4 Å². The summed E-state index contributed by atoms with van der Waals surface area (Å²) in [6.45, 7) is 1.86. The Labute approximate surface area is 80.8 Å². The normalized spacial score (nSPS) is 13.6. The molecule has 0 aliphatic carbocycles. The molecule has 0 unspecified atom stereocenters. The number of rotatable bonds is 2. The van der Waals surface area contributed by atoms with E-state index in [0.29, 0.717) is 11.9 Å². The van der Waals surface area contributed by atoms with Gasteiger partial charge in [-0.25, -0.2) is 4.99 Å². The molecule has 0 aromatic heterocycles. The first kappa shape index (κ1) is 11.3. The number of allylic oxidation sites excluding steroid dienone is 1. The van der Waals surface area contributed by atoms with Gasteiger partial charge in [-0.3, -0.25) is 5.32 Å². The molecule has 70 valence electrons. The molecule has 0 aliphatic heterocycles. The molecule has 0 atom stereocenters. The smallest absolute Gasteiger partial charge is 0.290 e. The van der Waals surface area contributed by atoms with Crippen LogP contribution in [0.3, 0.4) is 0 Å². The van der Waals surface area contributed by atoms with Crippen LogP contribution in [0.5, 0.6) is 0 Å². The summed E-state index contributed by atoms with van der Waals surface area (Å²) in [4.78, 5) is 3.82. The van der Waals surface area contributed by atoms with Crippen molar-refractivity contribution in [3.8, 4) is 0 Å². The van der Waals surface area contributed by atoms with Crippen molar-refractivity contribution in [2.24, 2.45) is 4.99 Å². The third kappa shape index (κ3) is 3.61. The van der Waals surface area contributed by atoms with Crippen molar-refractivity contribution >= 4 is 22.0 Å². The molecular formula is C7H13BrN2O2. The Bertz CT molecular complexity index is 198. The molecule has 0 spiro atoms. The Morgan fingerprint density at radius 3 is 2.17 bits per heavy atom. The molecule has 0 aliphatic rings. The first-order valence-electron chi connectivity index (χ1n) is 3.33. The van der Waals surface area contributed by atoms with E-state index in [-0.39, 0.29) is 0 Å². The van der Waals surface area contributed by atoms with Gasteiger partial charge in [0.15, 0.2) is 0 Å². The quantitative estimate of drug-likeness (QED) is 0.449. The van der Waals surface area contributed by atoms with Crippen molar-refractivity contribution in [2.75, 3.05) is 21.3 Å². The maximum absolute atomic E-state index is 5.01. The van der Waals surface area contributed by atoms with E-state index in [1.54, 1.807) is 14.2 Å². The topological polar surface area (TPSA) is 42.9 Å². The SMILES string of the molecule is CN=C(N/C(OC)=C(\C)Br)OC. The van der Waals surface area contributed by atoms with E-state index in [4.69, 9.17) is 9.47 Å². The van der Waals surface area contributed by atoms with Crippen molar-refractivity contribution < 1.29 is 9.47 Å². The van der Waals surface area contributed by atoms with Gasteiger partial charge in [0.05, 0.1) is 18.7 Å². The lowest BCUT2D eigenvalue weighted by molar-refractivity contribution is 0.262. The Morgan fingerprint density at radius 2 is 1.92 bits per heavy atom. The minimum atomic E-state index is 0.408. The summed E-state index contributed by atoms with van der Waals surface area (Å²) in [7, 11) is 4.73. The predicted octanol–water partition coefficient (Wildman–Crippen LogP) is 1.44. The number of nitrogens with one attached hydrogen (secondary N) is 1. The van der Waals surface area contributed by atoms with Crippen molar-refractivity contribution in [3.63, 3.8) is 0 Å². The maximum atomic E-state index is 5.01. The fraction of sp³-hybridized carbons (Fsp3) is 0.571. The van der Waals surface area contributed by atoms with Crippen LogP contribution in [0.25, 0.3) is 0 Å². The van der Waals surface area contributed by atoms with Gasteiger partial charge in [-0.15, -0.1) is 0 Å². The molecule has 1 N–H and O–H groups in total. The molecule has 0 bridgehead atoms. The van der Waals surface area contributed by atoms with Crippen molar-refractivity contribution in [2.45, 2.75) is 6.92 Å². The number of amidine groups is 1. The second-order valence-electron chi connectivity index (χ2n) is 1.92. The average molecular weight is 237 g/mol. The van der Waals surface area contributed by atoms with Gasteiger partial charge in [-0.1, -0.05) is 15.9 Å². The number of aliphatic imine (C=N–C) groups is 1. The monoisotopic (exact) mass is 236 g/mol. The molecular weight excluding hydrogens is 224 g/mol. The Kier molecular flexibility index (Phi) is 5.53. The highest BCUT2D eigenvalue weighted by Crippen LogP contribution is 2.08. The molecule has 0 fully saturated rings. The number of hydrogen-bond acceptors (Lipinski definition) is 3. The first-order chi connectivity index (χ1) is 5.65. The lowest BCUT2D eigenvalue weighted by atomic mass is 10.6. The van der Waals surface area contributed by atoms with Gasteiger partial charge in [0, 0.05) is 7.05 Å². The standard InChI is InChI=1S/C7H13BrN2O2/c1-5(8)6(11-3)10-7(9-2)12-4/h1-4H3,(H,9,10)/b6-5-. The van der Waals surface area contributed by atoms with Gasteiger partial charge >= 0.3 is 0 Å². The van der Waals surface area contributed by atoms with Gasteiger partial charge < -0.3 is 9.47 Å². The Morgan fingerprint density at radius 1 is 1.33 bits per heavy atom. The molecule has 0 rings (SSSR count). The fourth-order valence-corrected chi connectivity index (χ4v) is 0.834. The summed E-state index contributed by atoms with van der Waals surface area (Å²) in [5.74, 6) is 0.581. The van der Waals surface area contributed by atoms with Gasteiger partial charge in [0.25, 0.3) is 6.02 Å². The summed E-state index contributed by atoms with van der Waals surface area (Å²) in [6.07, 6.45) is 0. The summed E-state index contributed by atoms with van der Waals surface area (Å²) in [5.41, 5.74) is 0. The van der Waals surface area contributed by atoms with Crippen molar-refractivity contribution in [1.82, 2.24) is 5.32 Å². The van der Waals surface area contributed by atoms with E-state index in [2.05, 4.69) is 26.2 Å². The molecule has 0 radical (unpaired) electrons. The Hall–Kier alpha value is -0.710. The first-order valence-corrected chi connectivity index (χ1v) is 4.13. The van der Waals surface area contributed by atoms with Gasteiger partial charge in [-0.2, -0.15) is 0 Å². The molecule has 12 heavy (non-hydrogen) atoms. The average Bonchev–Trinajstić information content (AvgIpc) is 2.06. The third-order valence-corrected chi connectivity index (χ3v) is 1.49. The molecule has 0 aromatic rings. The van der Waals surface area contributed by atoms with Crippen LogP contribution in [0.15, 0.2) is 15.4 Å². The molecule has 5 heteroatoms. The largest absolute Gasteiger partial charge is 0.482 e. The number of ether oxygens (including phenoxy) is 2. The van der Waals surface area contributed by atoms with E-state index in [1.807, 2.05) is 6.92 Å². The second-order valence-corrected chi connectivity index (χ2v) is 3.11. The predicted molar refractivity (Wildman–Crippen MR) is 52.1 cm³/mol. The van der Waals surface area contributed by atoms with Crippen molar-refractivity contribution in [1.29, 1.82) is 0 Å². The maximum Gasteiger partial charge on any atom is 0.290 e. The fourth-order valence-electron chi connectivity index (χ4n) is 0.573. The van der Waals surface area contributed by atoms with E-state index >= 15 is 0 Å². The zero-order valence-corrected chi connectivity index (χ0v) is 9.23. The molecule has 0 heterocycles. The lowest BCUT2D eigenvalue weighted by Gasteiger charge is -2.10. The van der Waals surface area contributed by atoms with Crippen LogP contribution < -0.4 is 5.32 Å². The number of methoxy groups -OCH3 is 2. The summed E-state index contributed by atoms with van der Waals surface area (Å²) in [5, 5.41) is 2.84. The van der Waals surface area contributed by atoms with Gasteiger partial charge in [0.2, 0.25) is 5.88 Å². The minimum absolute atomic E-state index is 0.408. The van der Waals surface area contributed by atoms with E-state index < -0.39 is 0 Å². The van der Waals surface area contributed by atoms with Gasteiger partial charge in [-0.05, 0) is 6.92 Å². The number of nitrogens with zero attached hydrogens (tertiary/aromatic N) is 1. The van der Waals surface area contributed by atoms with E-state index in [1.165, 1.54) is 7.11 Å². The highest BCUT2D eigenvalue weighted by Gasteiger charge is 2.03. The van der Waals surface area contributed by atoms with Crippen LogP contribution >= 0.6 is 15.9 Å². The molecule has 0 saturated carbocycles. The zero-order chi connectivity index (χ0) is 9.56. The van der Waals surface area contributed by atoms with Crippen LogP contribution in [0.4, 0.5) is 0 Å². The van der Waals surface area contributed by atoms with Crippen LogP contribution in [0, 0.1) is 0 Å². The minimum Gasteiger partial charge on any atom is -0.482 e. The zero-order valence-electron chi connectivity index (χ0n) is 7.64. The van der Waals surface area contributed by atoms with Crippen LogP contribution in [-0.2, 0) is 9.47 Å². The van der Waals surface area contributed by atoms with Crippen LogP contribution in [0.1, 0.15) is 6.92 Å². The second kappa shape index (κ2) is 5.88. The highest BCUT2D eigenvalue weighted by atomic mass is 79.9. The lowest BCUT2D eigenvalue weighted by Crippen LogP contribution is -2.25. The summed E-state index contributed by atoms with van der Waals surface area (Å²) >= 11 is 3.27. The third-order valence-electron chi connectivity index (χ3n) is 1.13. The number of halogens is 1. The van der Waals surface area contributed by atoms with E-state index in [0.717, 1.165) is 4.48 Å².